The molecule has 3 unspecified atom stereocenters. The largest absolute Gasteiger partial charge is 0.378 e. The molecule has 0 bridgehead atoms. The van der Waals surface area contributed by atoms with Crippen LogP contribution in [0.4, 0.5) is 0 Å². The van der Waals surface area contributed by atoms with E-state index in [1.165, 1.54) is 56.5 Å². The van der Waals surface area contributed by atoms with E-state index in [1.807, 2.05) is 7.11 Å². The molecule has 0 aromatic heterocycles. The summed E-state index contributed by atoms with van der Waals surface area (Å²) in [5, 5.41) is 3.59. The van der Waals surface area contributed by atoms with Crippen LogP contribution in [0.15, 0.2) is 0 Å². The Hall–Kier alpha value is 0.230. The smallest absolute Gasteiger partial charge is 0.0783 e. The molecule has 3 fully saturated rings. The predicted octanol–water partition coefficient (Wildman–Crippen LogP) is 2.84. The van der Waals surface area contributed by atoms with Crippen molar-refractivity contribution in [2.24, 2.45) is 5.92 Å². The molecular weight excluding hydrogens is 270 g/mol. The highest BCUT2D eigenvalue weighted by atomic mass is 32.2. The molecular formula is C16H29NO2S. The molecule has 3 rings (SSSR count). The van der Waals surface area contributed by atoms with E-state index in [0.717, 1.165) is 12.5 Å². The van der Waals surface area contributed by atoms with Crippen molar-refractivity contribution in [3.8, 4) is 0 Å². The Labute approximate surface area is 127 Å². The minimum absolute atomic E-state index is 0.170. The zero-order valence-electron chi connectivity index (χ0n) is 13.0. The maximum atomic E-state index is 6.17. The average Bonchev–Trinajstić information content (AvgIpc) is 2.86. The van der Waals surface area contributed by atoms with E-state index >= 15 is 0 Å². The molecule has 3 nitrogen and oxygen atoms in total. The van der Waals surface area contributed by atoms with Gasteiger partial charge in [0, 0.05) is 25.5 Å². The summed E-state index contributed by atoms with van der Waals surface area (Å²) in [6.07, 6.45) is 8.69. The molecule has 1 saturated carbocycles. The standard InChI is InChI=1S/C16H29NO2S/c1-17-14(11-15(18-2)5-3-6-15)13-4-8-19-16(10-13)7-9-20-12-16/h13-14,17H,3-12H2,1-2H3. The summed E-state index contributed by atoms with van der Waals surface area (Å²) in [5.41, 5.74) is 0.367. The van der Waals surface area contributed by atoms with Gasteiger partial charge in [-0.3, -0.25) is 0 Å². The number of nitrogens with one attached hydrogen (secondary N) is 1. The van der Waals surface area contributed by atoms with E-state index in [2.05, 4.69) is 24.1 Å². The molecule has 3 atom stereocenters. The lowest BCUT2D eigenvalue weighted by atomic mass is 9.71. The molecule has 2 heterocycles. The highest BCUT2D eigenvalue weighted by Crippen LogP contribution is 2.44. The minimum Gasteiger partial charge on any atom is -0.378 e. The van der Waals surface area contributed by atoms with Crippen molar-refractivity contribution in [1.82, 2.24) is 5.32 Å². The quantitative estimate of drug-likeness (QED) is 0.845. The Balaban J connectivity index is 1.63. The van der Waals surface area contributed by atoms with Gasteiger partial charge in [-0.1, -0.05) is 0 Å². The Morgan fingerprint density at radius 2 is 2.25 bits per heavy atom. The zero-order chi connectivity index (χ0) is 14.1. The van der Waals surface area contributed by atoms with Crippen molar-refractivity contribution >= 4 is 11.8 Å². The maximum absolute atomic E-state index is 6.17. The Bertz CT molecular complexity index is 319. The number of ether oxygens (including phenoxy) is 2. The normalized spacial score (nSPS) is 37.8. The van der Waals surface area contributed by atoms with E-state index in [9.17, 15) is 0 Å². The van der Waals surface area contributed by atoms with Gasteiger partial charge in [-0.25, -0.2) is 0 Å². The highest BCUT2D eigenvalue weighted by molar-refractivity contribution is 7.99. The lowest BCUT2D eigenvalue weighted by Crippen LogP contribution is -2.51. The average molecular weight is 299 g/mol. The molecule has 2 saturated heterocycles. The van der Waals surface area contributed by atoms with Gasteiger partial charge in [0.15, 0.2) is 0 Å². The van der Waals surface area contributed by atoms with Crippen LogP contribution in [0.3, 0.4) is 0 Å². The van der Waals surface area contributed by atoms with Gasteiger partial charge in [0.05, 0.1) is 11.2 Å². The third kappa shape index (κ3) is 2.90. The molecule has 3 aliphatic rings. The van der Waals surface area contributed by atoms with Gasteiger partial charge >= 0.3 is 0 Å². The lowest BCUT2D eigenvalue weighted by molar-refractivity contribution is -0.108. The van der Waals surface area contributed by atoms with Crippen LogP contribution in [0.1, 0.15) is 44.9 Å². The van der Waals surface area contributed by atoms with Gasteiger partial charge in [0.1, 0.15) is 0 Å². The molecule has 20 heavy (non-hydrogen) atoms. The molecule has 1 spiro atoms. The van der Waals surface area contributed by atoms with Crippen molar-refractivity contribution in [3.05, 3.63) is 0 Å². The third-order valence-electron chi connectivity index (χ3n) is 5.83. The fourth-order valence-corrected chi connectivity index (χ4v) is 5.62. The Kier molecular flexibility index (Phi) is 4.66. The number of thioether (sulfide) groups is 1. The second kappa shape index (κ2) is 6.15. The van der Waals surface area contributed by atoms with Crippen molar-refractivity contribution in [1.29, 1.82) is 0 Å². The first-order chi connectivity index (χ1) is 9.71. The molecule has 0 aromatic rings. The summed E-state index contributed by atoms with van der Waals surface area (Å²) in [5.74, 6) is 3.23. The number of methoxy groups -OCH3 is 1. The van der Waals surface area contributed by atoms with E-state index in [0.29, 0.717) is 6.04 Å². The summed E-state index contributed by atoms with van der Waals surface area (Å²) in [7, 11) is 4.02. The van der Waals surface area contributed by atoms with Crippen molar-refractivity contribution in [2.45, 2.75) is 62.2 Å². The second-order valence-electron chi connectivity index (χ2n) is 6.93. The predicted molar refractivity (Wildman–Crippen MR) is 84.4 cm³/mol. The van der Waals surface area contributed by atoms with Gasteiger partial charge in [0.25, 0.3) is 0 Å². The molecule has 116 valence electrons. The van der Waals surface area contributed by atoms with Crippen LogP contribution in [0.2, 0.25) is 0 Å². The van der Waals surface area contributed by atoms with Crippen LogP contribution in [0, 0.1) is 5.92 Å². The van der Waals surface area contributed by atoms with Gasteiger partial charge in [-0.15, -0.1) is 0 Å². The monoisotopic (exact) mass is 299 g/mol. The summed E-state index contributed by atoms with van der Waals surface area (Å²) >= 11 is 2.06. The van der Waals surface area contributed by atoms with E-state index in [4.69, 9.17) is 9.47 Å². The molecule has 0 radical (unpaired) electrons. The van der Waals surface area contributed by atoms with Crippen molar-refractivity contribution in [2.75, 3.05) is 32.3 Å². The molecule has 4 heteroatoms. The fraction of sp³-hybridized carbons (Fsp3) is 1.00. The van der Waals surface area contributed by atoms with E-state index in [-0.39, 0.29) is 11.2 Å². The molecule has 1 N–H and O–H groups in total. The Morgan fingerprint density at radius 3 is 2.80 bits per heavy atom. The lowest BCUT2D eigenvalue weighted by Gasteiger charge is -2.47. The SMILES string of the molecule is CNC(CC1(OC)CCC1)C1CCOC2(CCSC2)C1. The van der Waals surface area contributed by atoms with Crippen LogP contribution in [-0.4, -0.2) is 49.5 Å². The molecule has 1 aliphatic carbocycles. The van der Waals surface area contributed by atoms with Gasteiger partial charge in [-0.2, -0.15) is 11.8 Å². The van der Waals surface area contributed by atoms with Crippen molar-refractivity contribution in [3.63, 3.8) is 0 Å². The summed E-state index contributed by atoms with van der Waals surface area (Å²) in [6.45, 7) is 0.948. The summed E-state index contributed by atoms with van der Waals surface area (Å²) < 4.78 is 12.0. The Morgan fingerprint density at radius 1 is 1.40 bits per heavy atom. The van der Waals surface area contributed by atoms with Crippen molar-refractivity contribution < 1.29 is 9.47 Å². The second-order valence-corrected chi connectivity index (χ2v) is 8.03. The van der Waals surface area contributed by atoms with Crippen LogP contribution in [0.5, 0.6) is 0 Å². The number of hydrogen-bond acceptors (Lipinski definition) is 4. The van der Waals surface area contributed by atoms with Gasteiger partial charge in [0.2, 0.25) is 0 Å². The summed E-state index contributed by atoms with van der Waals surface area (Å²) in [6, 6.07) is 0.585. The molecule has 0 amide bonds. The van der Waals surface area contributed by atoms with Crippen LogP contribution in [0.25, 0.3) is 0 Å². The number of hydrogen-bond donors (Lipinski definition) is 1. The summed E-state index contributed by atoms with van der Waals surface area (Å²) in [4.78, 5) is 0. The topological polar surface area (TPSA) is 30.5 Å². The molecule has 2 aliphatic heterocycles. The highest BCUT2D eigenvalue weighted by Gasteiger charge is 2.45. The zero-order valence-corrected chi connectivity index (χ0v) is 13.8. The maximum Gasteiger partial charge on any atom is 0.0783 e. The first-order valence-corrected chi connectivity index (χ1v) is 9.31. The van der Waals surface area contributed by atoms with E-state index < -0.39 is 0 Å². The van der Waals surface area contributed by atoms with Crippen LogP contribution in [-0.2, 0) is 9.47 Å². The van der Waals surface area contributed by atoms with Crippen LogP contribution >= 0.6 is 11.8 Å². The third-order valence-corrected chi connectivity index (χ3v) is 7.05. The van der Waals surface area contributed by atoms with E-state index in [1.54, 1.807) is 0 Å². The minimum atomic E-state index is 0.170. The first-order valence-electron chi connectivity index (χ1n) is 8.15. The first kappa shape index (κ1) is 15.1. The number of rotatable bonds is 5. The molecule has 0 aromatic carbocycles. The van der Waals surface area contributed by atoms with Gasteiger partial charge < -0.3 is 14.8 Å². The van der Waals surface area contributed by atoms with Gasteiger partial charge in [-0.05, 0) is 63.7 Å². The van der Waals surface area contributed by atoms with Crippen LogP contribution < -0.4 is 5.32 Å². The fourth-order valence-electron chi connectivity index (χ4n) is 4.24.